The van der Waals surface area contributed by atoms with Crippen molar-refractivity contribution in [3.63, 3.8) is 0 Å². The molecule has 0 saturated carbocycles. The molecule has 0 aliphatic carbocycles. The van der Waals surface area contributed by atoms with Gasteiger partial charge in [0.2, 0.25) is 0 Å². The monoisotopic (exact) mass is 309 g/mol. The molecule has 0 atom stereocenters. The predicted octanol–water partition coefficient (Wildman–Crippen LogP) is 5.17. The fraction of sp³-hybridized carbons (Fsp3) is 0.0476. The van der Waals surface area contributed by atoms with Crippen LogP contribution in [0.15, 0.2) is 67.1 Å². The maximum Gasteiger partial charge on any atom is 0.100 e. The lowest BCUT2D eigenvalue weighted by atomic mass is 9.93. The van der Waals surface area contributed by atoms with Crippen LogP contribution in [-0.2, 0) is 0 Å². The summed E-state index contributed by atoms with van der Waals surface area (Å²) >= 11 is 0. The van der Waals surface area contributed by atoms with E-state index in [2.05, 4.69) is 22.1 Å². The summed E-state index contributed by atoms with van der Waals surface area (Å²) in [6.45, 7) is 2.01. The number of fused-ring (bicyclic) bond motifs is 2. The molecule has 0 amide bonds. The highest BCUT2D eigenvalue weighted by molar-refractivity contribution is 6.08. The van der Waals surface area contributed by atoms with Crippen LogP contribution in [0.2, 0.25) is 0 Å². The summed E-state index contributed by atoms with van der Waals surface area (Å²) in [5, 5.41) is 13.1. The zero-order chi connectivity index (χ0) is 16.5. The van der Waals surface area contributed by atoms with Gasteiger partial charge in [-0.1, -0.05) is 36.4 Å². The van der Waals surface area contributed by atoms with Crippen LogP contribution in [0.25, 0.3) is 32.8 Å². The number of nitrogens with one attached hydrogen (secondary N) is 1. The minimum Gasteiger partial charge on any atom is -0.361 e. The second kappa shape index (κ2) is 5.68. The molecule has 0 aliphatic rings. The van der Waals surface area contributed by atoms with E-state index in [1.165, 1.54) is 0 Å². The molecule has 4 aromatic rings. The molecule has 3 heteroatoms. The Bertz CT molecular complexity index is 1120. The van der Waals surface area contributed by atoms with Gasteiger partial charge in [0.15, 0.2) is 0 Å². The van der Waals surface area contributed by atoms with Gasteiger partial charge in [0.25, 0.3) is 0 Å². The molecule has 0 bridgehead atoms. The van der Waals surface area contributed by atoms with E-state index in [1.54, 1.807) is 6.20 Å². The van der Waals surface area contributed by atoms with Crippen LogP contribution in [0.4, 0.5) is 0 Å². The van der Waals surface area contributed by atoms with Crippen molar-refractivity contribution < 1.29 is 0 Å². The molecular weight excluding hydrogens is 294 g/mol. The molecule has 24 heavy (non-hydrogen) atoms. The van der Waals surface area contributed by atoms with Crippen molar-refractivity contribution in [2.75, 3.05) is 0 Å². The third-order valence-corrected chi connectivity index (χ3v) is 4.43. The highest BCUT2D eigenvalue weighted by Crippen LogP contribution is 2.33. The number of H-pyrrole nitrogens is 1. The van der Waals surface area contributed by atoms with E-state index in [1.807, 2.05) is 61.8 Å². The molecule has 0 unspecified atom stereocenters. The Morgan fingerprint density at radius 3 is 2.75 bits per heavy atom. The second-order valence-corrected chi connectivity index (χ2v) is 5.76. The van der Waals surface area contributed by atoms with Crippen molar-refractivity contribution in [3.05, 3.63) is 78.2 Å². The van der Waals surface area contributed by atoms with Gasteiger partial charge in [0, 0.05) is 40.4 Å². The van der Waals surface area contributed by atoms with Crippen LogP contribution in [-0.4, -0.2) is 9.97 Å². The van der Waals surface area contributed by atoms with Gasteiger partial charge in [0.1, 0.15) is 6.07 Å². The Hall–Kier alpha value is -3.38. The molecule has 0 fully saturated rings. The normalized spacial score (nSPS) is 12.2. The van der Waals surface area contributed by atoms with Crippen LogP contribution < -0.4 is 0 Å². The zero-order valence-corrected chi connectivity index (χ0v) is 13.2. The Kier molecular flexibility index (Phi) is 3.36. The highest BCUT2D eigenvalue weighted by atomic mass is 14.7. The van der Waals surface area contributed by atoms with Crippen molar-refractivity contribution in [2.24, 2.45) is 0 Å². The van der Waals surface area contributed by atoms with Crippen LogP contribution in [0.3, 0.4) is 0 Å². The lowest BCUT2D eigenvalue weighted by Gasteiger charge is -2.09. The number of nitrogens with zero attached hydrogens (tertiary/aromatic N) is 2. The first-order valence-electron chi connectivity index (χ1n) is 7.80. The topological polar surface area (TPSA) is 52.5 Å². The summed E-state index contributed by atoms with van der Waals surface area (Å²) in [7, 11) is 0. The van der Waals surface area contributed by atoms with Crippen molar-refractivity contribution >= 4 is 32.8 Å². The minimum absolute atomic E-state index is 0.691. The first-order valence-corrected chi connectivity index (χ1v) is 7.80. The number of nitriles is 1. The van der Waals surface area contributed by atoms with Gasteiger partial charge in [-0.2, -0.15) is 5.26 Å². The second-order valence-electron chi connectivity index (χ2n) is 5.76. The van der Waals surface area contributed by atoms with E-state index >= 15 is 0 Å². The van der Waals surface area contributed by atoms with Crippen LogP contribution in [0.1, 0.15) is 18.1 Å². The van der Waals surface area contributed by atoms with E-state index in [-0.39, 0.29) is 0 Å². The van der Waals surface area contributed by atoms with E-state index in [0.717, 1.165) is 38.4 Å². The minimum atomic E-state index is 0.691. The summed E-state index contributed by atoms with van der Waals surface area (Å²) in [6, 6.07) is 18.6. The molecule has 4 rings (SSSR count). The van der Waals surface area contributed by atoms with Crippen molar-refractivity contribution in [1.82, 2.24) is 9.97 Å². The third-order valence-electron chi connectivity index (χ3n) is 4.43. The Morgan fingerprint density at radius 2 is 1.88 bits per heavy atom. The largest absolute Gasteiger partial charge is 0.361 e. The number of pyridine rings is 1. The van der Waals surface area contributed by atoms with Crippen LogP contribution in [0.5, 0.6) is 0 Å². The summed E-state index contributed by atoms with van der Waals surface area (Å²) < 4.78 is 0. The molecule has 0 saturated heterocycles. The smallest absolute Gasteiger partial charge is 0.100 e. The summed E-state index contributed by atoms with van der Waals surface area (Å²) in [6.07, 6.45) is 5.56. The third kappa shape index (κ3) is 2.17. The van der Waals surface area contributed by atoms with E-state index in [0.29, 0.717) is 5.57 Å². The SMILES string of the molecule is C/C(=C(/C#N)c1c[nH]c2ccccc12)c1cccc2cnccc12. The van der Waals surface area contributed by atoms with E-state index in [4.69, 9.17) is 0 Å². The number of benzene rings is 2. The Labute approximate surface area is 139 Å². The summed E-state index contributed by atoms with van der Waals surface area (Å²) in [5.74, 6) is 0. The van der Waals surface area contributed by atoms with Crippen molar-refractivity contribution in [3.8, 4) is 6.07 Å². The molecule has 114 valence electrons. The van der Waals surface area contributed by atoms with E-state index < -0.39 is 0 Å². The van der Waals surface area contributed by atoms with Gasteiger partial charge in [-0.05, 0) is 35.6 Å². The summed E-state index contributed by atoms with van der Waals surface area (Å²) in [4.78, 5) is 7.43. The molecule has 0 spiro atoms. The lowest BCUT2D eigenvalue weighted by molar-refractivity contribution is 1.36. The molecule has 2 heterocycles. The standard InChI is InChI=1S/C21H15N3/c1-14(16-7-4-5-15-12-23-10-9-17(15)16)19(11-22)20-13-24-21-8-3-2-6-18(20)21/h2-10,12-13,24H,1H3/b19-14+. The fourth-order valence-corrected chi connectivity index (χ4v) is 3.21. The number of allylic oxidation sites excluding steroid dienone is 2. The predicted molar refractivity (Wildman–Crippen MR) is 98.1 cm³/mol. The first-order chi connectivity index (χ1) is 11.8. The molecule has 2 aromatic carbocycles. The number of hydrogen-bond acceptors (Lipinski definition) is 2. The van der Waals surface area contributed by atoms with Gasteiger partial charge in [-0.3, -0.25) is 4.98 Å². The average Bonchev–Trinajstić information content (AvgIpc) is 3.06. The van der Waals surface area contributed by atoms with Gasteiger partial charge in [-0.15, -0.1) is 0 Å². The fourth-order valence-electron chi connectivity index (χ4n) is 3.21. The number of aromatic nitrogens is 2. The van der Waals surface area contributed by atoms with Gasteiger partial charge >= 0.3 is 0 Å². The quantitative estimate of drug-likeness (QED) is 0.519. The van der Waals surface area contributed by atoms with Gasteiger partial charge < -0.3 is 4.98 Å². The lowest BCUT2D eigenvalue weighted by Crippen LogP contribution is -1.89. The molecule has 3 nitrogen and oxygen atoms in total. The van der Waals surface area contributed by atoms with Crippen molar-refractivity contribution in [2.45, 2.75) is 6.92 Å². The number of para-hydroxylation sites is 1. The van der Waals surface area contributed by atoms with Gasteiger partial charge in [0.05, 0.1) is 5.57 Å². The molecular formula is C21H15N3. The van der Waals surface area contributed by atoms with E-state index in [9.17, 15) is 5.26 Å². The Balaban J connectivity index is 2.00. The average molecular weight is 309 g/mol. The molecule has 2 aromatic heterocycles. The van der Waals surface area contributed by atoms with Crippen LogP contribution in [0, 0.1) is 11.3 Å². The molecule has 0 radical (unpaired) electrons. The summed E-state index contributed by atoms with van der Waals surface area (Å²) in [5.41, 5.74) is 4.71. The zero-order valence-electron chi connectivity index (χ0n) is 13.2. The van der Waals surface area contributed by atoms with Crippen molar-refractivity contribution in [1.29, 1.82) is 5.26 Å². The number of rotatable bonds is 2. The number of hydrogen-bond donors (Lipinski definition) is 1. The van der Waals surface area contributed by atoms with Gasteiger partial charge in [-0.25, -0.2) is 0 Å². The Morgan fingerprint density at radius 1 is 1.00 bits per heavy atom. The highest BCUT2D eigenvalue weighted by Gasteiger charge is 2.13. The molecule has 1 N–H and O–H groups in total. The van der Waals surface area contributed by atoms with Crippen LogP contribution >= 0.6 is 0 Å². The number of aromatic amines is 1. The molecule has 0 aliphatic heterocycles. The maximum absolute atomic E-state index is 9.83. The maximum atomic E-state index is 9.83. The first kappa shape index (κ1) is 14.2.